The van der Waals surface area contributed by atoms with E-state index in [1.165, 1.54) is 11.1 Å². The molecule has 118 valence electrons. The molecule has 0 atom stereocenters. The highest BCUT2D eigenvalue weighted by molar-refractivity contribution is 7.10. The lowest BCUT2D eigenvalue weighted by Crippen LogP contribution is -2.24. The van der Waals surface area contributed by atoms with Crippen LogP contribution < -0.4 is 4.90 Å². The Morgan fingerprint density at radius 2 is 1.50 bits per heavy atom. The first kappa shape index (κ1) is 14.9. The van der Waals surface area contributed by atoms with Gasteiger partial charge < -0.3 is 0 Å². The first-order valence-corrected chi connectivity index (χ1v) is 8.92. The van der Waals surface area contributed by atoms with Crippen molar-refractivity contribution in [1.82, 2.24) is 0 Å². The zero-order valence-corrected chi connectivity index (χ0v) is 14.0. The van der Waals surface area contributed by atoms with Crippen molar-refractivity contribution in [1.29, 1.82) is 0 Å². The Hall–Kier alpha value is -2.65. The highest BCUT2D eigenvalue weighted by Gasteiger charge is 2.23. The summed E-state index contributed by atoms with van der Waals surface area (Å²) in [7, 11) is 0. The van der Waals surface area contributed by atoms with Crippen molar-refractivity contribution in [3.8, 4) is 0 Å². The number of fused-ring (bicyclic) bond motifs is 2. The molecule has 0 aliphatic carbocycles. The molecule has 0 spiro atoms. The molecule has 0 fully saturated rings. The van der Waals surface area contributed by atoms with Gasteiger partial charge in [0.2, 0.25) is 0 Å². The summed E-state index contributed by atoms with van der Waals surface area (Å²) in [6.45, 7) is 0. The van der Waals surface area contributed by atoms with Crippen LogP contribution in [0.2, 0.25) is 0 Å². The predicted octanol–water partition coefficient (Wildman–Crippen LogP) is 5.22. The second kappa shape index (κ2) is 6.46. The van der Waals surface area contributed by atoms with E-state index in [-0.39, 0.29) is 5.91 Å². The maximum Gasteiger partial charge on any atom is 0.255 e. The Morgan fingerprint density at radius 1 is 0.875 bits per heavy atom. The minimum absolute atomic E-state index is 0.00907. The standard InChI is InChI=1S/C21H17NOS/c23-21(14-13-18-8-5-15-24-18)22-19-9-3-1-6-16(19)11-12-17-7-2-4-10-20(17)22/h1-10,13-15H,11-12H2/b14-13+. The zero-order valence-electron chi connectivity index (χ0n) is 13.2. The lowest BCUT2D eigenvalue weighted by Gasteiger charge is -2.23. The monoisotopic (exact) mass is 331 g/mol. The van der Waals surface area contributed by atoms with E-state index in [0.717, 1.165) is 29.1 Å². The lowest BCUT2D eigenvalue weighted by atomic mass is 10.0. The van der Waals surface area contributed by atoms with Gasteiger partial charge in [-0.05, 0) is 53.6 Å². The number of thiophene rings is 1. The number of benzene rings is 2. The highest BCUT2D eigenvalue weighted by Crippen LogP contribution is 2.36. The molecular weight excluding hydrogens is 314 g/mol. The van der Waals surface area contributed by atoms with E-state index >= 15 is 0 Å². The third-order valence-electron chi connectivity index (χ3n) is 4.28. The van der Waals surface area contributed by atoms with E-state index in [1.54, 1.807) is 17.4 Å². The summed E-state index contributed by atoms with van der Waals surface area (Å²) in [4.78, 5) is 15.9. The molecular formula is C21H17NOS. The number of carbonyl (C=O) groups excluding carboxylic acids is 1. The number of para-hydroxylation sites is 2. The van der Waals surface area contributed by atoms with Crippen LogP contribution in [-0.4, -0.2) is 5.91 Å². The smallest absolute Gasteiger partial charge is 0.255 e. The summed E-state index contributed by atoms with van der Waals surface area (Å²) in [5.41, 5.74) is 4.41. The van der Waals surface area contributed by atoms with Gasteiger partial charge in [-0.3, -0.25) is 9.69 Å². The fraction of sp³-hybridized carbons (Fsp3) is 0.0952. The van der Waals surface area contributed by atoms with Crippen molar-refractivity contribution in [3.05, 3.63) is 88.1 Å². The largest absolute Gasteiger partial charge is 0.277 e. The van der Waals surface area contributed by atoms with Crippen molar-refractivity contribution in [3.63, 3.8) is 0 Å². The third kappa shape index (κ3) is 2.79. The Morgan fingerprint density at radius 3 is 2.08 bits per heavy atom. The average Bonchev–Trinajstić information content (AvgIpc) is 3.08. The van der Waals surface area contributed by atoms with E-state index in [4.69, 9.17) is 0 Å². The minimum atomic E-state index is -0.00907. The second-order valence-corrected chi connectivity index (χ2v) is 6.76. The van der Waals surface area contributed by atoms with Crippen LogP contribution in [0.3, 0.4) is 0 Å². The van der Waals surface area contributed by atoms with Crippen LogP contribution in [0.4, 0.5) is 11.4 Å². The van der Waals surface area contributed by atoms with Crippen molar-refractivity contribution < 1.29 is 4.79 Å². The molecule has 2 nitrogen and oxygen atoms in total. The first-order chi connectivity index (χ1) is 11.8. The normalized spacial score (nSPS) is 13.4. The average molecular weight is 331 g/mol. The Kier molecular flexibility index (Phi) is 4.01. The van der Waals surface area contributed by atoms with Gasteiger partial charge in [-0.1, -0.05) is 42.5 Å². The fourth-order valence-corrected chi connectivity index (χ4v) is 3.75. The van der Waals surface area contributed by atoms with Gasteiger partial charge in [0.1, 0.15) is 0 Å². The number of anilines is 2. The quantitative estimate of drug-likeness (QED) is 0.589. The molecule has 2 aromatic carbocycles. The maximum absolute atomic E-state index is 13.0. The van der Waals surface area contributed by atoms with Crippen LogP contribution in [0, 0.1) is 0 Å². The Bertz CT molecular complexity index is 848. The molecule has 1 aromatic heterocycles. The number of amides is 1. The molecule has 1 aliphatic rings. The molecule has 4 rings (SSSR count). The minimum Gasteiger partial charge on any atom is -0.277 e. The van der Waals surface area contributed by atoms with Crippen molar-refractivity contribution in [2.24, 2.45) is 0 Å². The summed E-state index contributed by atoms with van der Waals surface area (Å²) < 4.78 is 0. The van der Waals surface area contributed by atoms with Gasteiger partial charge in [0.05, 0.1) is 11.4 Å². The van der Waals surface area contributed by atoms with Crippen LogP contribution in [0.15, 0.2) is 72.1 Å². The summed E-state index contributed by atoms with van der Waals surface area (Å²) in [5, 5.41) is 2.01. The van der Waals surface area contributed by atoms with Gasteiger partial charge in [-0.25, -0.2) is 0 Å². The molecule has 2 heterocycles. The van der Waals surface area contributed by atoms with Crippen LogP contribution >= 0.6 is 11.3 Å². The number of carbonyl (C=O) groups is 1. The van der Waals surface area contributed by atoms with Crippen molar-refractivity contribution >= 4 is 34.7 Å². The van der Waals surface area contributed by atoms with Crippen LogP contribution in [0.5, 0.6) is 0 Å². The molecule has 0 saturated heterocycles. The molecule has 1 amide bonds. The molecule has 24 heavy (non-hydrogen) atoms. The van der Waals surface area contributed by atoms with Gasteiger partial charge in [0.15, 0.2) is 0 Å². The number of hydrogen-bond donors (Lipinski definition) is 0. The van der Waals surface area contributed by atoms with E-state index in [0.29, 0.717) is 0 Å². The summed E-state index contributed by atoms with van der Waals surface area (Å²) in [6.07, 6.45) is 5.46. The molecule has 0 bridgehead atoms. The topological polar surface area (TPSA) is 20.3 Å². The van der Waals surface area contributed by atoms with Gasteiger partial charge in [-0.2, -0.15) is 0 Å². The molecule has 0 saturated carbocycles. The van der Waals surface area contributed by atoms with Gasteiger partial charge in [-0.15, -0.1) is 11.3 Å². The molecule has 0 unspecified atom stereocenters. The number of aryl methyl sites for hydroxylation is 2. The fourth-order valence-electron chi connectivity index (χ4n) is 3.13. The van der Waals surface area contributed by atoms with Gasteiger partial charge >= 0.3 is 0 Å². The van der Waals surface area contributed by atoms with E-state index in [1.807, 2.05) is 64.9 Å². The molecule has 3 heteroatoms. The Labute approximate surface area is 145 Å². The maximum atomic E-state index is 13.0. The number of rotatable bonds is 2. The van der Waals surface area contributed by atoms with Crippen LogP contribution in [0.25, 0.3) is 6.08 Å². The predicted molar refractivity (Wildman–Crippen MR) is 101 cm³/mol. The zero-order chi connectivity index (χ0) is 16.4. The Balaban J connectivity index is 1.79. The van der Waals surface area contributed by atoms with Crippen molar-refractivity contribution in [2.45, 2.75) is 12.8 Å². The van der Waals surface area contributed by atoms with E-state index in [2.05, 4.69) is 12.1 Å². The SMILES string of the molecule is O=C(/C=C/c1cccs1)N1c2ccccc2CCc2ccccc21. The number of hydrogen-bond acceptors (Lipinski definition) is 2. The van der Waals surface area contributed by atoms with Gasteiger partial charge in [0, 0.05) is 11.0 Å². The lowest BCUT2D eigenvalue weighted by molar-refractivity contribution is -0.113. The van der Waals surface area contributed by atoms with Crippen LogP contribution in [-0.2, 0) is 17.6 Å². The van der Waals surface area contributed by atoms with E-state index in [9.17, 15) is 4.79 Å². The summed E-state index contributed by atoms with van der Waals surface area (Å²) in [5.74, 6) is -0.00907. The summed E-state index contributed by atoms with van der Waals surface area (Å²) in [6, 6.07) is 20.4. The summed E-state index contributed by atoms with van der Waals surface area (Å²) >= 11 is 1.63. The second-order valence-electron chi connectivity index (χ2n) is 5.78. The molecule has 1 aliphatic heterocycles. The van der Waals surface area contributed by atoms with Crippen molar-refractivity contribution in [2.75, 3.05) is 4.90 Å². The number of nitrogens with zero attached hydrogens (tertiary/aromatic N) is 1. The molecule has 3 aromatic rings. The van der Waals surface area contributed by atoms with Crippen LogP contribution in [0.1, 0.15) is 16.0 Å². The molecule has 0 N–H and O–H groups in total. The van der Waals surface area contributed by atoms with E-state index < -0.39 is 0 Å². The van der Waals surface area contributed by atoms with Gasteiger partial charge in [0.25, 0.3) is 5.91 Å². The highest BCUT2D eigenvalue weighted by atomic mass is 32.1. The molecule has 0 radical (unpaired) electrons. The third-order valence-corrected chi connectivity index (χ3v) is 5.12. The first-order valence-electron chi connectivity index (χ1n) is 8.04.